The number of carbonyl (C=O) groups is 1. The van der Waals surface area contributed by atoms with Crippen LogP contribution in [0.3, 0.4) is 0 Å². The van der Waals surface area contributed by atoms with Crippen LogP contribution in [0.25, 0.3) is 0 Å². The van der Waals surface area contributed by atoms with Crippen LogP contribution in [0.2, 0.25) is 0 Å². The lowest BCUT2D eigenvalue weighted by atomic mass is 10.1. The highest BCUT2D eigenvalue weighted by atomic mass is 16.1. The molecule has 4 heteroatoms. The van der Waals surface area contributed by atoms with Crippen molar-refractivity contribution in [3.05, 3.63) is 0 Å². The van der Waals surface area contributed by atoms with Gasteiger partial charge in [-0.15, -0.1) is 0 Å². The fourth-order valence-corrected chi connectivity index (χ4v) is 3.19. The van der Waals surface area contributed by atoms with Gasteiger partial charge in [0.2, 0.25) is 5.91 Å². The van der Waals surface area contributed by atoms with Gasteiger partial charge in [-0.1, -0.05) is 25.7 Å². The Morgan fingerprint density at radius 1 is 1.00 bits per heavy atom. The average molecular weight is 267 g/mol. The first-order valence-electron chi connectivity index (χ1n) is 8.08. The first-order chi connectivity index (χ1) is 9.34. The summed E-state index contributed by atoms with van der Waals surface area (Å²) in [4.78, 5) is 11.7. The standard InChI is InChI=1S/C15H29N3O/c19-15(12-14-8-5-9-16-14)18-11-10-17-13-6-3-1-2-4-7-13/h13-14,16-17H,1-12H2,(H,18,19). The van der Waals surface area contributed by atoms with E-state index < -0.39 is 0 Å². The first-order valence-corrected chi connectivity index (χ1v) is 8.08. The van der Waals surface area contributed by atoms with Crippen LogP contribution < -0.4 is 16.0 Å². The van der Waals surface area contributed by atoms with Crippen molar-refractivity contribution in [3.8, 4) is 0 Å². The Morgan fingerprint density at radius 2 is 1.79 bits per heavy atom. The molecule has 1 saturated heterocycles. The molecule has 4 nitrogen and oxygen atoms in total. The van der Waals surface area contributed by atoms with Gasteiger partial charge in [0.25, 0.3) is 0 Å². The third-order valence-electron chi connectivity index (χ3n) is 4.33. The number of carbonyl (C=O) groups excluding carboxylic acids is 1. The smallest absolute Gasteiger partial charge is 0.221 e. The van der Waals surface area contributed by atoms with E-state index in [9.17, 15) is 4.79 Å². The second kappa shape index (κ2) is 8.54. The highest BCUT2D eigenvalue weighted by molar-refractivity contribution is 5.76. The van der Waals surface area contributed by atoms with Gasteiger partial charge in [0.05, 0.1) is 0 Å². The predicted molar refractivity (Wildman–Crippen MR) is 78.1 cm³/mol. The Bertz CT molecular complexity index is 256. The van der Waals surface area contributed by atoms with Crippen molar-refractivity contribution >= 4 is 5.91 Å². The summed E-state index contributed by atoms with van der Waals surface area (Å²) in [6, 6.07) is 1.09. The van der Waals surface area contributed by atoms with Crippen molar-refractivity contribution < 1.29 is 4.79 Å². The molecule has 0 aromatic carbocycles. The van der Waals surface area contributed by atoms with E-state index in [1.807, 2.05) is 0 Å². The Kier molecular flexibility index (Phi) is 6.65. The summed E-state index contributed by atoms with van der Waals surface area (Å²) in [6.45, 7) is 2.75. The van der Waals surface area contributed by atoms with Crippen LogP contribution in [0, 0.1) is 0 Å². The van der Waals surface area contributed by atoms with Crippen molar-refractivity contribution in [1.29, 1.82) is 0 Å². The lowest BCUT2D eigenvalue weighted by Gasteiger charge is -2.16. The van der Waals surface area contributed by atoms with Gasteiger partial charge in [0.1, 0.15) is 0 Å². The van der Waals surface area contributed by atoms with Crippen molar-refractivity contribution in [3.63, 3.8) is 0 Å². The molecule has 2 fully saturated rings. The predicted octanol–water partition coefficient (Wildman–Crippen LogP) is 1.56. The second-order valence-electron chi connectivity index (χ2n) is 5.99. The van der Waals surface area contributed by atoms with Crippen LogP contribution >= 0.6 is 0 Å². The van der Waals surface area contributed by atoms with E-state index in [2.05, 4.69) is 16.0 Å². The zero-order chi connectivity index (χ0) is 13.3. The highest BCUT2D eigenvalue weighted by Gasteiger charge is 2.17. The van der Waals surface area contributed by atoms with Gasteiger partial charge >= 0.3 is 0 Å². The molecule has 0 bridgehead atoms. The Hall–Kier alpha value is -0.610. The number of hydrogen-bond acceptors (Lipinski definition) is 3. The monoisotopic (exact) mass is 267 g/mol. The molecule has 0 radical (unpaired) electrons. The van der Waals surface area contributed by atoms with Crippen molar-refractivity contribution in [2.75, 3.05) is 19.6 Å². The molecule has 1 heterocycles. The van der Waals surface area contributed by atoms with E-state index in [0.29, 0.717) is 18.5 Å². The molecule has 0 aromatic rings. The molecule has 1 atom stereocenters. The summed E-state index contributed by atoms with van der Waals surface area (Å²) in [5.74, 6) is 0.196. The molecule has 1 aliphatic heterocycles. The van der Waals surface area contributed by atoms with Crippen LogP contribution in [0.5, 0.6) is 0 Å². The minimum atomic E-state index is 0.196. The molecule has 1 unspecified atom stereocenters. The van der Waals surface area contributed by atoms with Gasteiger partial charge in [0.15, 0.2) is 0 Å². The second-order valence-corrected chi connectivity index (χ2v) is 5.99. The van der Waals surface area contributed by atoms with Gasteiger partial charge in [-0.25, -0.2) is 0 Å². The zero-order valence-electron chi connectivity index (χ0n) is 12.0. The first kappa shape index (κ1) is 14.8. The van der Waals surface area contributed by atoms with Crippen molar-refractivity contribution in [2.24, 2.45) is 0 Å². The van der Waals surface area contributed by atoms with Gasteiger partial charge in [-0.3, -0.25) is 4.79 Å². The lowest BCUT2D eigenvalue weighted by Crippen LogP contribution is -2.38. The number of nitrogens with one attached hydrogen (secondary N) is 3. The van der Waals surface area contributed by atoms with Crippen LogP contribution in [0.1, 0.15) is 57.8 Å². The maximum absolute atomic E-state index is 11.7. The fourth-order valence-electron chi connectivity index (χ4n) is 3.19. The van der Waals surface area contributed by atoms with Gasteiger partial charge in [-0.2, -0.15) is 0 Å². The van der Waals surface area contributed by atoms with Gasteiger partial charge in [-0.05, 0) is 32.2 Å². The Labute approximate surface area is 117 Å². The van der Waals surface area contributed by atoms with Crippen LogP contribution in [0.4, 0.5) is 0 Å². The molecule has 2 aliphatic rings. The SMILES string of the molecule is O=C(CC1CCCN1)NCCNC1CCCCCC1. The number of amides is 1. The fraction of sp³-hybridized carbons (Fsp3) is 0.933. The molecule has 3 N–H and O–H groups in total. The Morgan fingerprint density at radius 3 is 2.47 bits per heavy atom. The topological polar surface area (TPSA) is 53.2 Å². The molecule has 110 valence electrons. The molecule has 1 saturated carbocycles. The van der Waals surface area contributed by atoms with E-state index in [1.165, 1.54) is 44.9 Å². The number of hydrogen-bond donors (Lipinski definition) is 3. The highest BCUT2D eigenvalue weighted by Crippen LogP contribution is 2.16. The molecule has 19 heavy (non-hydrogen) atoms. The van der Waals surface area contributed by atoms with Crippen molar-refractivity contribution in [1.82, 2.24) is 16.0 Å². The molecule has 2 rings (SSSR count). The summed E-state index contributed by atoms with van der Waals surface area (Å²) in [5.41, 5.74) is 0. The molecule has 0 spiro atoms. The zero-order valence-corrected chi connectivity index (χ0v) is 12.0. The molecule has 0 aromatic heterocycles. The summed E-state index contributed by atoms with van der Waals surface area (Å²) >= 11 is 0. The third-order valence-corrected chi connectivity index (χ3v) is 4.33. The third kappa shape index (κ3) is 5.91. The van der Waals surface area contributed by atoms with Crippen LogP contribution in [-0.4, -0.2) is 37.6 Å². The van der Waals surface area contributed by atoms with E-state index in [4.69, 9.17) is 0 Å². The van der Waals surface area contributed by atoms with Crippen molar-refractivity contribution in [2.45, 2.75) is 69.9 Å². The molecular weight excluding hydrogens is 238 g/mol. The summed E-state index contributed by atoms with van der Waals surface area (Å²) in [7, 11) is 0. The van der Waals surface area contributed by atoms with E-state index in [1.54, 1.807) is 0 Å². The van der Waals surface area contributed by atoms with Crippen LogP contribution in [0.15, 0.2) is 0 Å². The minimum Gasteiger partial charge on any atom is -0.355 e. The molecule has 1 amide bonds. The van der Waals surface area contributed by atoms with E-state index >= 15 is 0 Å². The molecular formula is C15H29N3O. The summed E-state index contributed by atoms with van der Waals surface area (Å²) < 4.78 is 0. The summed E-state index contributed by atoms with van der Waals surface area (Å²) in [5, 5.41) is 9.96. The summed E-state index contributed by atoms with van der Waals surface area (Å²) in [6.07, 6.45) is 11.1. The molecule has 1 aliphatic carbocycles. The Balaban J connectivity index is 1.49. The minimum absolute atomic E-state index is 0.196. The van der Waals surface area contributed by atoms with Gasteiger partial charge < -0.3 is 16.0 Å². The largest absolute Gasteiger partial charge is 0.355 e. The van der Waals surface area contributed by atoms with Crippen LogP contribution in [-0.2, 0) is 4.79 Å². The maximum Gasteiger partial charge on any atom is 0.221 e. The normalized spacial score (nSPS) is 25.2. The average Bonchev–Trinajstić information content (AvgIpc) is 2.76. The lowest BCUT2D eigenvalue weighted by molar-refractivity contribution is -0.121. The van der Waals surface area contributed by atoms with E-state index in [-0.39, 0.29) is 5.91 Å². The van der Waals surface area contributed by atoms with Gasteiger partial charge in [0, 0.05) is 31.6 Å². The van der Waals surface area contributed by atoms with E-state index in [0.717, 1.165) is 26.1 Å². The quantitative estimate of drug-likeness (QED) is 0.506. The number of rotatable bonds is 6. The maximum atomic E-state index is 11.7.